The van der Waals surface area contributed by atoms with Gasteiger partial charge in [-0.15, -0.1) is 0 Å². The van der Waals surface area contributed by atoms with Crippen LogP contribution in [0.2, 0.25) is 5.02 Å². The number of benzene rings is 1. The lowest BCUT2D eigenvalue weighted by atomic mass is 9.79. The van der Waals surface area contributed by atoms with Gasteiger partial charge >= 0.3 is 6.09 Å². The molecule has 122 valence electrons. The first-order valence-corrected chi connectivity index (χ1v) is 8.14. The topological polar surface area (TPSA) is 64.3 Å². The third-order valence-electron chi connectivity index (χ3n) is 4.17. The Morgan fingerprint density at radius 3 is 2.50 bits per heavy atom. The molecule has 4 nitrogen and oxygen atoms in total. The molecule has 0 unspecified atom stereocenters. The molecule has 0 saturated heterocycles. The number of hydrogen-bond acceptors (Lipinski definition) is 3. The number of halogens is 1. The maximum Gasteiger partial charge on any atom is 0.412 e. The normalized spacial score (nSPS) is 17.3. The summed E-state index contributed by atoms with van der Waals surface area (Å²) >= 11 is 6.33. The summed E-state index contributed by atoms with van der Waals surface area (Å²) in [5.74, 6) is 0. The number of anilines is 1. The second kappa shape index (κ2) is 6.47. The van der Waals surface area contributed by atoms with E-state index in [1.54, 1.807) is 0 Å². The third-order valence-corrected chi connectivity index (χ3v) is 4.48. The molecule has 1 saturated carbocycles. The van der Waals surface area contributed by atoms with E-state index in [-0.39, 0.29) is 5.41 Å². The molecule has 22 heavy (non-hydrogen) atoms. The molecule has 0 spiro atoms. The number of nitrogens with one attached hydrogen (secondary N) is 1. The maximum atomic E-state index is 11.8. The molecule has 0 radical (unpaired) electrons. The summed E-state index contributed by atoms with van der Waals surface area (Å²) in [6.07, 6.45) is 4.09. The molecule has 1 amide bonds. The van der Waals surface area contributed by atoms with E-state index in [1.165, 1.54) is 12.8 Å². The summed E-state index contributed by atoms with van der Waals surface area (Å²) in [7, 11) is 0. The van der Waals surface area contributed by atoms with Gasteiger partial charge in [0.1, 0.15) is 5.60 Å². The zero-order valence-electron chi connectivity index (χ0n) is 13.5. The van der Waals surface area contributed by atoms with Crippen LogP contribution in [-0.2, 0) is 10.2 Å². The Morgan fingerprint density at radius 1 is 1.36 bits per heavy atom. The zero-order chi connectivity index (χ0) is 16.4. The highest BCUT2D eigenvalue weighted by atomic mass is 35.5. The first-order valence-electron chi connectivity index (χ1n) is 7.76. The van der Waals surface area contributed by atoms with E-state index < -0.39 is 11.7 Å². The highest BCUT2D eigenvalue weighted by Gasteiger charge is 2.34. The van der Waals surface area contributed by atoms with E-state index in [4.69, 9.17) is 22.1 Å². The maximum absolute atomic E-state index is 11.8. The van der Waals surface area contributed by atoms with Gasteiger partial charge in [0.15, 0.2) is 0 Å². The first kappa shape index (κ1) is 17.1. The standard InChI is InChI=1S/C17H25ClN2O2/c1-16(2,3)22-15(21)20-14-7-6-12(10-13(14)18)17(11-19)8-4-5-9-17/h6-7,10H,4-5,8-9,11,19H2,1-3H3,(H,20,21). The van der Waals surface area contributed by atoms with Gasteiger partial charge in [0, 0.05) is 12.0 Å². The molecule has 2 rings (SSSR count). The largest absolute Gasteiger partial charge is 0.444 e. The lowest BCUT2D eigenvalue weighted by Gasteiger charge is -2.28. The fourth-order valence-corrected chi connectivity index (χ4v) is 3.25. The highest BCUT2D eigenvalue weighted by molar-refractivity contribution is 6.33. The van der Waals surface area contributed by atoms with Gasteiger partial charge in [-0.1, -0.05) is 30.5 Å². The minimum atomic E-state index is -0.538. The van der Waals surface area contributed by atoms with Crippen molar-refractivity contribution in [2.24, 2.45) is 5.73 Å². The van der Waals surface area contributed by atoms with Gasteiger partial charge in [-0.25, -0.2) is 4.79 Å². The van der Waals surface area contributed by atoms with Gasteiger partial charge in [0.2, 0.25) is 0 Å². The lowest BCUT2D eigenvalue weighted by molar-refractivity contribution is 0.0636. The first-order chi connectivity index (χ1) is 10.3. The summed E-state index contributed by atoms with van der Waals surface area (Å²) in [4.78, 5) is 11.8. The molecule has 1 fully saturated rings. The number of carbonyl (C=O) groups excluding carboxylic acids is 1. The van der Waals surface area contributed by atoms with Gasteiger partial charge in [0.25, 0.3) is 0 Å². The van der Waals surface area contributed by atoms with E-state index in [9.17, 15) is 4.79 Å². The average molecular weight is 325 g/mol. The molecule has 0 aliphatic heterocycles. The fourth-order valence-electron chi connectivity index (χ4n) is 3.02. The molecule has 0 bridgehead atoms. The summed E-state index contributed by atoms with van der Waals surface area (Å²) < 4.78 is 5.24. The van der Waals surface area contributed by atoms with E-state index >= 15 is 0 Å². The monoisotopic (exact) mass is 324 g/mol. The molecule has 1 aliphatic carbocycles. The van der Waals surface area contributed by atoms with E-state index in [2.05, 4.69) is 5.32 Å². The van der Waals surface area contributed by atoms with E-state index in [0.717, 1.165) is 18.4 Å². The number of ether oxygens (including phenoxy) is 1. The van der Waals surface area contributed by atoms with Crippen LogP contribution in [0.15, 0.2) is 18.2 Å². The predicted molar refractivity (Wildman–Crippen MR) is 90.5 cm³/mol. The van der Waals surface area contributed by atoms with Gasteiger partial charge in [-0.3, -0.25) is 5.32 Å². The van der Waals surface area contributed by atoms with Crippen LogP contribution in [0.1, 0.15) is 52.0 Å². The molecule has 1 aliphatic rings. The Kier molecular flexibility index (Phi) is 5.03. The van der Waals surface area contributed by atoms with Gasteiger partial charge in [-0.2, -0.15) is 0 Å². The number of hydrogen-bond donors (Lipinski definition) is 2. The summed E-state index contributed by atoms with van der Waals surface area (Å²) in [6, 6.07) is 5.76. The number of amides is 1. The number of rotatable bonds is 3. The fraction of sp³-hybridized carbons (Fsp3) is 0.588. The van der Waals surface area contributed by atoms with Crippen molar-refractivity contribution in [2.75, 3.05) is 11.9 Å². The predicted octanol–water partition coefficient (Wildman–Crippen LogP) is 4.46. The van der Waals surface area contributed by atoms with Crippen molar-refractivity contribution in [1.29, 1.82) is 0 Å². The second-order valence-electron chi connectivity index (χ2n) is 7.01. The van der Waals surface area contributed by atoms with Crippen LogP contribution >= 0.6 is 11.6 Å². The Bertz CT molecular complexity index is 546. The minimum absolute atomic E-state index is 0.0358. The smallest absolute Gasteiger partial charge is 0.412 e. The minimum Gasteiger partial charge on any atom is -0.444 e. The Morgan fingerprint density at radius 2 is 2.00 bits per heavy atom. The van der Waals surface area contributed by atoms with E-state index in [0.29, 0.717) is 17.3 Å². The molecule has 0 aromatic heterocycles. The molecule has 1 aromatic carbocycles. The second-order valence-corrected chi connectivity index (χ2v) is 7.42. The molecular weight excluding hydrogens is 300 g/mol. The summed E-state index contributed by atoms with van der Waals surface area (Å²) in [5, 5.41) is 3.21. The van der Waals surface area contributed by atoms with Gasteiger partial charge in [-0.05, 0) is 51.3 Å². The van der Waals surface area contributed by atoms with Crippen LogP contribution in [0.5, 0.6) is 0 Å². The van der Waals surface area contributed by atoms with Crippen molar-refractivity contribution < 1.29 is 9.53 Å². The van der Waals surface area contributed by atoms with Gasteiger partial charge < -0.3 is 10.5 Å². The molecule has 3 N–H and O–H groups in total. The van der Waals surface area contributed by atoms with Crippen LogP contribution in [0.3, 0.4) is 0 Å². The summed E-state index contributed by atoms with van der Waals surface area (Å²) in [5.41, 5.74) is 7.22. The van der Waals surface area contributed by atoms with Crippen LogP contribution < -0.4 is 11.1 Å². The lowest BCUT2D eigenvalue weighted by Crippen LogP contribution is -2.32. The zero-order valence-corrected chi connectivity index (χ0v) is 14.3. The molecular formula is C17H25ClN2O2. The molecule has 5 heteroatoms. The SMILES string of the molecule is CC(C)(C)OC(=O)Nc1ccc(C2(CN)CCCC2)cc1Cl. The van der Waals surface area contributed by atoms with Crippen molar-refractivity contribution in [3.05, 3.63) is 28.8 Å². The van der Waals surface area contributed by atoms with Crippen molar-refractivity contribution in [2.45, 2.75) is 57.5 Å². The summed E-state index contributed by atoms with van der Waals surface area (Å²) in [6.45, 7) is 6.09. The highest BCUT2D eigenvalue weighted by Crippen LogP contribution is 2.41. The van der Waals surface area contributed by atoms with E-state index in [1.807, 2.05) is 39.0 Å². The molecule has 0 heterocycles. The Hall–Kier alpha value is -1.26. The van der Waals surface area contributed by atoms with Crippen LogP contribution in [0, 0.1) is 0 Å². The third kappa shape index (κ3) is 3.93. The quantitative estimate of drug-likeness (QED) is 0.862. The Labute approximate surface area is 137 Å². The van der Waals surface area contributed by atoms with Crippen LogP contribution in [0.4, 0.5) is 10.5 Å². The molecule has 0 atom stereocenters. The Balaban J connectivity index is 2.15. The van der Waals surface area contributed by atoms with Crippen LogP contribution in [-0.4, -0.2) is 18.2 Å². The van der Waals surface area contributed by atoms with Crippen molar-refractivity contribution in [3.63, 3.8) is 0 Å². The van der Waals surface area contributed by atoms with Crippen LogP contribution in [0.25, 0.3) is 0 Å². The molecule has 1 aromatic rings. The van der Waals surface area contributed by atoms with Gasteiger partial charge in [0.05, 0.1) is 10.7 Å². The van der Waals surface area contributed by atoms with Crippen molar-refractivity contribution in [1.82, 2.24) is 0 Å². The van der Waals surface area contributed by atoms with Crippen molar-refractivity contribution in [3.8, 4) is 0 Å². The number of carbonyl (C=O) groups is 1. The average Bonchev–Trinajstić information content (AvgIpc) is 2.89. The van der Waals surface area contributed by atoms with Crippen molar-refractivity contribution >= 4 is 23.4 Å². The number of nitrogens with two attached hydrogens (primary N) is 1.